The molecular formula is C14H16F3NO2. The van der Waals surface area contributed by atoms with Gasteiger partial charge in [-0.05, 0) is 30.4 Å². The van der Waals surface area contributed by atoms with E-state index in [9.17, 15) is 18.0 Å². The number of carbonyl (C=O) groups is 1. The van der Waals surface area contributed by atoms with Gasteiger partial charge in [0, 0.05) is 13.1 Å². The van der Waals surface area contributed by atoms with Crippen molar-refractivity contribution in [1.29, 1.82) is 0 Å². The Kier molecular flexibility index (Phi) is 4.32. The maximum absolute atomic E-state index is 12.9. The van der Waals surface area contributed by atoms with E-state index in [0.29, 0.717) is 12.5 Å². The van der Waals surface area contributed by atoms with Gasteiger partial charge in [-0.15, -0.1) is 0 Å². The van der Waals surface area contributed by atoms with Crippen LogP contribution in [0.5, 0.6) is 0 Å². The molecule has 110 valence electrons. The normalized spacial score (nSPS) is 15.6. The van der Waals surface area contributed by atoms with Gasteiger partial charge in [0.2, 0.25) is 0 Å². The first-order chi connectivity index (χ1) is 9.36. The van der Waals surface area contributed by atoms with Gasteiger partial charge in [0.05, 0.1) is 12.1 Å². The highest BCUT2D eigenvalue weighted by Crippen LogP contribution is 2.34. The molecule has 20 heavy (non-hydrogen) atoms. The van der Waals surface area contributed by atoms with E-state index in [1.54, 1.807) is 11.0 Å². The van der Waals surface area contributed by atoms with Crippen LogP contribution in [-0.4, -0.2) is 29.1 Å². The third-order valence-electron chi connectivity index (χ3n) is 3.29. The second-order valence-electron chi connectivity index (χ2n) is 5.16. The second-order valence-corrected chi connectivity index (χ2v) is 5.16. The van der Waals surface area contributed by atoms with Crippen LogP contribution in [0.2, 0.25) is 0 Å². The van der Waals surface area contributed by atoms with E-state index in [-0.39, 0.29) is 18.7 Å². The fourth-order valence-electron chi connectivity index (χ4n) is 2.22. The van der Waals surface area contributed by atoms with Crippen LogP contribution in [0.25, 0.3) is 0 Å². The molecule has 0 aliphatic heterocycles. The topological polar surface area (TPSA) is 40.5 Å². The van der Waals surface area contributed by atoms with E-state index < -0.39 is 17.7 Å². The summed E-state index contributed by atoms with van der Waals surface area (Å²) in [5, 5.41) is 8.86. The van der Waals surface area contributed by atoms with Crippen molar-refractivity contribution in [2.24, 2.45) is 5.92 Å². The quantitative estimate of drug-likeness (QED) is 0.874. The maximum Gasteiger partial charge on any atom is 0.416 e. The molecule has 1 aromatic carbocycles. The van der Waals surface area contributed by atoms with Crippen molar-refractivity contribution in [3.05, 3.63) is 35.4 Å². The summed E-state index contributed by atoms with van der Waals surface area (Å²) >= 11 is 0. The second kappa shape index (κ2) is 5.83. The molecule has 0 atom stereocenters. The van der Waals surface area contributed by atoms with Crippen LogP contribution in [0.4, 0.5) is 13.2 Å². The zero-order chi connectivity index (χ0) is 14.8. The van der Waals surface area contributed by atoms with Gasteiger partial charge in [0.25, 0.3) is 0 Å². The Bertz CT molecular complexity index is 484. The number of hydrogen-bond acceptors (Lipinski definition) is 2. The summed E-state index contributed by atoms with van der Waals surface area (Å²) < 4.78 is 38.7. The predicted octanol–water partition coefficient (Wildman–Crippen LogP) is 3.00. The van der Waals surface area contributed by atoms with Crippen LogP contribution in [-0.2, 0) is 17.5 Å². The first-order valence-corrected chi connectivity index (χ1v) is 6.45. The van der Waals surface area contributed by atoms with Gasteiger partial charge >= 0.3 is 12.1 Å². The number of carboxylic acids is 1. The number of alkyl halides is 3. The van der Waals surface area contributed by atoms with Crippen LogP contribution in [0, 0.1) is 5.92 Å². The molecule has 0 saturated heterocycles. The standard InChI is InChI=1S/C14H16F3NO2/c15-14(16,17)12-4-2-1-3-11(12)8-18(9-13(19)20)7-10-5-6-10/h1-4,10H,5-9H2,(H,19,20). The summed E-state index contributed by atoms with van der Waals surface area (Å²) in [6.45, 7) is 0.319. The molecule has 0 radical (unpaired) electrons. The molecule has 1 saturated carbocycles. The minimum Gasteiger partial charge on any atom is -0.480 e. The van der Waals surface area contributed by atoms with Crippen LogP contribution in [0.1, 0.15) is 24.0 Å². The minimum absolute atomic E-state index is 0.0124. The number of nitrogens with zero attached hydrogens (tertiary/aromatic N) is 1. The monoisotopic (exact) mass is 287 g/mol. The lowest BCUT2D eigenvalue weighted by Gasteiger charge is -2.22. The molecule has 0 bridgehead atoms. The van der Waals surface area contributed by atoms with E-state index in [4.69, 9.17) is 5.11 Å². The molecule has 0 unspecified atom stereocenters. The Labute approximate surface area is 115 Å². The average Bonchev–Trinajstić information content (AvgIpc) is 3.11. The third kappa shape index (κ3) is 4.23. The molecule has 1 fully saturated rings. The van der Waals surface area contributed by atoms with E-state index >= 15 is 0 Å². The number of aliphatic carboxylic acids is 1. The van der Waals surface area contributed by atoms with Crippen LogP contribution in [0.15, 0.2) is 24.3 Å². The molecular weight excluding hydrogens is 271 g/mol. The smallest absolute Gasteiger partial charge is 0.416 e. The summed E-state index contributed by atoms with van der Waals surface area (Å²) in [7, 11) is 0. The van der Waals surface area contributed by atoms with Crippen molar-refractivity contribution in [1.82, 2.24) is 4.90 Å². The van der Waals surface area contributed by atoms with E-state index in [0.717, 1.165) is 18.9 Å². The first-order valence-electron chi connectivity index (χ1n) is 6.45. The van der Waals surface area contributed by atoms with Gasteiger partial charge in [0.1, 0.15) is 0 Å². The fourth-order valence-corrected chi connectivity index (χ4v) is 2.22. The Balaban J connectivity index is 2.14. The number of benzene rings is 1. The number of carboxylic acid groups (broad SMARTS) is 1. The number of halogens is 3. The molecule has 1 aromatic rings. The van der Waals surface area contributed by atoms with E-state index in [1.807, 2.05) is 0 Å². The lowest BCUT2D eigenvalue weighted by atomic mass is 10.1. The molecule has 0 aromatic heterocycles. The molecule has 0 spiro atoms. The summed E-state index contributed by atoms with van der Waals surface area (Å²) in [5.41, 5.74) is -0.562. The molecule has 1 aliphatic carbocycles. The van der Waals surface area contributed by atoms with Crippen molar-refractivity contribution >= 4 is 5.97 Å². The molecule has 3 nitrogen and oxygen atoms in total. The summed E-state index contributed by atoms with van der Waals surface area (Å²) in [6.07, 6.45) is -2.36. The summed E-state index contributed by atoms with van der Waals surface area (Å²) in [4.78, 5) is 12.4. The Morgan fingerprint density at radius 2 is 1.95 bits per heavy atom. The van der Waals surface area contributed by atoms with Gasteiger partial charge in [-0.1, -0.05) is 18.2 Å². The zero-order valence-electron chi connectivity index (χ0n) is 10.9. The van der Waals surface area contributed by atoms with E-state index in [1.165, 1.54) is 12.1 Å². The number of hydrogen-bond donors (Lipinski definition) is 1. The van der Waals surface area contributed by atoms with Crippen LogP contribution in [0.3, 0.4) is 0 Å². The predicted molar refractivity (Wildman–Crippen MR) is 67.1 cm³/mol. The maximum atomic E-state index is 12.9. The van der Waals surface area contributed by atoms with Gasteiger partial charge in [-0.2, -0.15) is 13.2 Å². The lowest BCUT2D eigenvalue weighted by Crippen LogP contribution is -2.32. The summed E-state index contributed by atoms with van der Waals surface area (Å²) in [5.74, 6) is -0.595. The van der Waals surface area contributed by atoms with Gasteiger partial charge in [-0.3, -0.25) is 9.69 Å². The zero-order valence-corrected chi connectivity index (χ0v) is 10.9. The largest absolute Gasteiger partial charge is 0.480 e. The van der Waals surface area contributed by atoms with E-state index in [2.05, 4.69) is 0 Å². The van der Waals surface area contributed by atoms with Gasteiger partial charge in [-0.25, -0.2) is 0 Å². The van der Waals surface area contributed by atoms with Crippen molar-refractivity contribution in [3.8, 4) is 0 Å². The SMILES string of the molecule is O=C(O)CN(Cc1ccccc1C(F)(F)F)CC1CC1. The van der Waals surface area contributed by atoms with Gasteiger partial charge < -0.3 is 5.11 Å². The summed E-state index contributed by atoms with van der Waals surface area (Å²) in [6, 6.07) is 5.32. The van der Waals surface area contributed by atoms with Crippen LogP contribution < -0.4 is 0 Å². The van der Waals surface area contributed by atoms with Crippen molar-refractivity contribution in [2.75, 3.05) is 13.1 Å². The first kappa shape index (κ1) is 14.8. The fraction of sp³-hybridized carbons (Fsp3) is 0.500. The average molecular weight is 287 g/mol. The minimum atomic E-state index is -4.41. The highest BCUT2D eigenvalue weighted by Gasteiger charge is 2.34. The molecule has 0 amide bonds. The third-order valence-corrected chi connectivity index (χ3v) is 3.29. The molecule has 6 heteroatoms. The molecule has 1 N–H and O–H groups in total. The van der Waals surface area contributed by atoms with Crippen molar-refractivity contribution in [2.45, 2.75) is 25.6 Å². The number of rotatable bonds is 6. The Morgan fingerprint density at radius 3 is 2.50 bits per heavy atom. The molecule has 2 rings (SSSR count). The lowest BCUT2D eigenvalue weighted by molar-refractivity contribution is -0.139. The Hall–Kier alpha value is -1.56. The van der Waals surface area contributed by atoms with Crippen molar-refractivity contribution < 1.29 is 23.1 Å². The molecule has 1 aliphatic rings. The highest BCUT2D eigenvalue weighted by atomic mass is 19.4. The molecule has 0 heterocycles. The highest BCUT2D eigenvalue weighted by molar-refractivity contribution is 5.69. The van der Waals surface area contributed by atoms with Gasteiger partial charge in [0.15, 0.2) is 0 Å². The Morgan fingerprint density at radius 1 is 1.30 bits per heavy atom. The van der Waals surface area contributed by atoms with Crippen LogP contribution >= 0.6 is 0 Å². The van der Waals surface area contributed by atoms with Crippen molar-refractivity contribution in [3.63, 3.8) is 0 Å².